The summed E-state index contributed by atoms with van der Waals surface area (Å²) in [6.45, 7) is 8.35. The third-order valence-corrected chi connectivity index (χ3v) is 7.47. The lowest BCUT2D eigenvalue weighted by Gasteiger charge is -2.23. The molecule has 142 valence electrons. The Morgan fingerprint density at radius 1 is 1.15 bits per heavy atom. The molecule has 8 heteroatoms. The summed E-state index contributed by atoms with van der Waals surface area (Å²) in [5, 5.41) is 2.32. The highest BCUT2D eigenvalue weighted by molar-refractivity contribution is 7.93. The van der Waals surface area contributed by atoms with Crippen LogP contribution in [0.25, 0.3) is 0 Å². The molecular weight excluding hydrogens is 380 g/mol. The Labute approximate surface area is 156 Å². The Morgan fingerprint density at radius 2 is 1.77 bits per heavy atom. The second-order valence-corrected chi connectivity index (χ2v) is 11.0. The maximum absolute atomic E-state index is 14.0. The van der Waals surface area contributed by atoms with Gasteiger partial charge in [0.05, 0.1) is 12.1 Å². The summed E-state index contributed by atoms with van der Waals surface area (Å²) in [6, 6.07) is 2.16. The normalized spacial score (nSPS) is 13.0. The summed E-state index contributed by atoms with van der Waals surface area (Å²) in [6.07, 6.45) is -0.191. The number of halogens is 2. The predicted octanol–water partition coefficient (Wildman–Crippen LogP) is 4.08. The zero-order chi connectivity index (χ0) is 19.9. The first-order valence-electron chi connectivity index (χ1n) is 7.94. The van der Waals surface area contributed by atoms with Crippen LogP contribution in [0.4, 0.5) is 8.78 Å². The highest BCUT2D eigenvalue weighted by Gasteiger charge is 2.44. The van der Waals surface area contributed by atoms with Crippen LogP contribution in [0.15, 0.2) is 28.5 Å². The smallest absolute Gasteiger partial charge is 0.193 e. The van der Waals surface area contributed by atoms with Crippen LogP contribution in [0.5, 0.6) is 0 Å². The SMILES string of the molecule is CC(C)(C)c1csc(CC(=O)C(C)(C)S(=O)(=O)c2cc(F)ccc2F)n1. The molecule has 0 amide bonds. The number of benzene rings is 1. The van der Waals surface area contributed by atoms with Gasteiger partial charge < -0.3 is 0 Å². The van der Waals surface area contributed by atoms with Gasteiger partial charge in [-0.25, -0.2) is 22.2 Å². The van der Waals surface area contributed by atoms with Crippen LogP contribution in [0.1, 0.15) is 45.3 Å². The van der Waals surface area contributed by atoms with Crippen LogP contribution in [0, 0.1) is 11.6 Å². The molecular formula is C18H21F2NO3S2. The topological polar surface area (TPSA) is 64.1 Å². The van der Waals surface area contributed by atoms with Crippen LogP contribution in [0.3, 0.4) is 0 Å². The molecule has 0 saturated heterocycles. The number of nitrogens with zero attached hydrogens (tertiary/aromatic N) is 1. The molecule has 0 radical (unpaired) electrons. The molecule has 4 nitrogen and oxygen atoms in total. The maximum atomic E-state index is 14.0. The molecule has 2 aromatic rings. The number of carbonyl (C=O) groups excluding carboxylic acids is 1. The zero-order valence-electron chi connectivity index (χ0n) is 15.3. The third-order valence-electron chi connectivity index (χ3n) is 4.16. The summed E-state index contributed by atoms with van der Waals surface area (Å²) in [7, 11) is -4.42. The molecule has 2 rings (SSSR count). The van der Waals surface area contributed by atoms with E-state index in [1.165, 1.54) is 25.2 Å². The Balaban J connectivity index is 2.35. The summed E-state index contributed by atoms with van der Waals surface area (Å²) in [4.78, 5) is 16.3. The lowest BCUT2D eigenvalue weighted by atomic mass is 9.93. The molecule has 0 saturated carbocycles. The number of carbonyl (C=O) groups is 1. The molecule has 0 aliphatic rings. The van der Waals surface area contributed by atoms with E-state index < -0.39 is 36.9 Å². The van der Waals surface area contributed by atoms with Crippen molar-refractivity contribution >= 4 is 27.0 Å². The molecule has 1 aromatic carbocycles. The Bertz CT molecular complexity index is 942. The summed E-state index contributed by atoms with van der Waals surface area (Å²) in [5.74, 6) is -2.60. The average Bonchev–Trinajstić information content (AvgIpc) is 2.98. The van der Waals surface area contributed by atoms with Crippen molar-refractivity contribution in [2.24, 2.45) is 0 Å². The van der Waals surface area contributed by atoms with Gasteiger partial charge in [-0.15, -0.1) is 11.3 Å². The van der Waals surface area contributed by atoms with E-state index in [2.05, 4.69) is 4.98 Å². The van der Waals surface area contributed by atoms with Gasteiger partial charge in [-0.1, -0.05) is 20.8 Å². The van der Waals surface area contributed by atoms with Crippen molar-refractivity contribution in [2.75, 3.05) is 0 Å². The number of aromatic nitrogens is 1. The fourth-order valence-corrected chi connectivity index (χ4v) is 4.73. The van der Waals surface area contributed by atoms with Gasteiger partial charge in [-0.2, -0.15) is 0 Å². The lowest BCUT2D eigenvalue weighted by molar-refractivity contribution is -0.120. The number of rotatable bonds is 5. The number of hydrogen-bond acceptors (Lipinski definition) is 5. The van der Waals surface area contributed by atoms with Crippen LogP contribution >= 0.6 is 11.3 Å². The molecule has 0 atom stereocenters. The van der Waals surface area contributed by atoms with Gasteiger partial charge in [0.15, 0.2) is 15.6 Å². The van der Waals surface area contributed by atoms with Gasteiger partial charge in [0, 0.05) is 10.8 Å². The molecule has 0 spiro atoms. The molecule has 0 N–H and O–H groups in total. The highest BCUT2D eigenvalue weighted by atomic mass is 32.2. The predicted molar refractivity (Wildman–Crippen MR) is 97.1 cm³/mol. The molecule has 0 aliphatic heterocycles. The van der Waals surface area contributed by atoms with Crippen LogP contribution in [0.2, 0.25) is 0 Å². The minimum atomic E-state index is -4.42. The molecule has 1 heterocycles. The fourth-order valence-electron chi connectivity index (χ4n) is 2.19. The number of thiazole rings is 1. The first-order chi connectivity index (χ1) is 11.8. The average molecular weight is 402 g/mol. The van der Waals surface area contributed by atoms with E-state index in [0.717, 1.165) is 17.8 Å². The molecule has 0 bridgehead atoms. The van der Waals surface area contributed by atoms with E-state index in [0.29, 0.717) is 11.1 Å². The van der Waals surface area contributed by atoms with Crippen molar-refractivity contribution in [3.05, 3.63) is 45.9 Å². The number of sulfone groups is 1. The minimum absolute atomic E-state index is 0.190. The first-order valence-corrected chi connectivity index (χ1v) is 10.3. The van der Waals surface area contributed by atoms with Crippen molar-refractivity contribution in [3.63, 3.8) is 0 Å². The van der Waals surface area contributed by atoms with E-state index in [9.17, 15) is 22.0 Å². The Kier molecular flexibility index (Phi) is 5.41. The largest absolute Gasteiger partial charge is 0.297 e. The van der Waals surface area contributed by atoms with E-state index in [-0.39, 0.29) is 11.8 Å². The van der Waals surface area contributed by atoms with E-state index in [4.69, 9.17) is 0 Å². The van der Waals surface area contributed by atoms with Crippen molar-refractivity contribution in [1.82, 2.24) is 4.98 Å². The Hall–Kier alpha value is -1.67. The minimum Gasteiger partial charge on any atom is -0.297 e. The fraction of sp³-hybridized carbons (Fsp3) is 0.444. The highest BCUT2D eigenvalue weighted by Crippen LogP contribution is 2.31. The number of hydrogen-bond donors (Lipinski definition) is 0. The summed E-state index contributed by atoms with van der Waals surface area (Å²) in [5.41, 5.74) is 0.617. The summed E-state index contributed by atoms with van der Waals surface area (Å²) < 4.78 is 51.0. The van der Waals surface area contributed by atoms with Gasteiger partial charge in [0.25, 0.3) is 0 Å². The van der Waals surface area contributed by atoms with Crippen molar-refractivity contribution < 1.29 is 22.0 Å². The molecule has 0 fully saturated rings. The van der Waals surface area contributed by atoms with Gasteiger partial charge in [0.2, 0.25) is 0 Å². The van der Waals surface area contributed by atoms with Crippen molar-refractivity contribution in [3.8, 4) is 0 Å². The zero-order valence-corrected chi connectivity index (χ0v) is 16.9. The lowest BCUT2D eigenvalue weighted by Crippen LogP contribution is -2.42. The maximum Gasteiger partial charge on any atom is 0.193 e. The van der Waals surface area contributed by atoms with E-state index >= 15 is 0 Å². The van der Waals surface area contributed by atoms with Crippen molar-refractivity contribution in [1.29, 1.82) is 0 Å². The molecule has 1 aromatic heterocycles. The molecule has 26 heavy (non-hydrogen) atoms. The Morgan fingerprint density at radius 3 is 2.31 bits per heavy atom. The second kappa shape index (κ2) is 6.81. The van der Waals surface area contributed by atoms with E-state index in [1.807, 2.05) is 26.2 Å². The second-order valence-electron chi connectivity index (χ2n) is 7.56. The van der Waals surface area contributed by atoms with Crippen LogP contribution < -0.4 is 0 Å². The van der Waals surface area contributed by atoms with Gasteiger partial charge >= 0.3 is 0 Å². The quantitative estimate of drug-likeness (QED) is 0.757. The first kappa shape index (κ1) is 20.6. The third kappa shape index (κ3) is 3.86. The molecule has 0 aliphatic carbocycles. The van der Waals surface area contributed by atoms with Crippen molar-refractivity contribution in [2.45, 2.75) is 56.1 Å². The number of ketones is 1. The summed E-state index contributed by atoms with van der Waals surface area (Å²) >= 11 is 1.27. The standard InChI is InChI=1S/C18H21F2NO3S2/c1-17(2,3)14-10-25-16(21-14)9-15(22)18(4,5)26(23,24)13-8-11(19)6-7-12(13)20/h6-8,10H,9H2,1-5H3. The number of Topliss-reactive ketones (excluding diaryl/α,β-unsaturated/α-hetero) is 1. The molecule has 0 unspecified atom stereocenters. The van der Waals surface area contributed by atoms with E-state index in [1.54, 1.807) is 0 Å². The van der Waals surface area contributed by atoms with Gasteiger partial charge in [-0.05, 0) is 32.0 Å². The monoisotopic (exact) mass is 401 g/mol. The van der Waals surface area contributed by atoms with Crippen LogP contribution in [-0.4, -0.2) is 23.9 Å². The van der Waals surface area contributed by atoms with Gasteiger partial charge in [-0.3, -0.25) is 4.79 Å². The van der Waals surface area contributed by atoms with Crippen LogP contribution in [-0.2, 0) is 26.5 Å². The van der Waals surface area contributed by atoms with Gasteiger partial charge in [0.1, 0.15) is 26.3 Å².